The molecule has 0 fully saturated rings. The van der Waals surface area contributed by atoms with Crippen molar-refractivity contribution in [1.29, 1.82) is 0 Å². The Balaban J connectivity index is 0.000000146. The van der Waals surface area contributed by atoms with Gasteiger partial charge in [-0.3, -0.25) is 18.4 Å². The predicted molar refractivity (Wildman–Crippen MR) is 328 cm³/mol. The number of hydrogen-bond donors (Lipinski definition) is 0. The van der Waals surface area contributed by atoms with E-state index in [0.717, 1.165) is 130 Å². The molecule has 14 aromatic rings. The van der Waals surface area contributed by atoms with Gasteiger partial charge in [0.05, 0.1) is 22.1 Å². The molecule has 0 bridgehead atoms. The highest BCUT2D eigenvalue weighted by Gasteiger charge is 2.23. The molecule has 4 heterocycles. The van der Waals surface area contributed by atoms with Crippen LogP contribution < -0.4 is 11.1 Å². The van der Waals surface area contributed by atoms with Crippen LogP contribution in [-0.4, -0.2) is 18.8 Å². The summed E-state index contributed by atoms with van der Waals surface area (Å²) in [6, 6.07) is 61.5. The Morgan fingerprint density at radius 1 is 0.355 bits per heavy atom. The molecule has 6 nitrogen and oxygen atoms in total. The van der Waals surface area contributed by atoms with Gasteiger partial charge in [-0.1, -0.05) is 210 Å². The lowest BCUT2D eigenvalue weighted by atomic mass is 9.96. The van der Waals surface area contributed by atoms with Gasteiger partial charge in [0, 0.05) is 52.4 Å². The standard InChI is InChI=1S/2C34H21BrN2O/c1-3-20-8-12-22(13-9-20)24-18-28(23-14-10-21(4-2)11-15-23)32-30(19-24)37-33(36-32)26-16-17-29(35)25-6-5-7-27(31(25)26)34(37)38;1-3-20-8-12-22(13-9-20)24-18-28(23-14-10-21(4-2)11-15-23)32-30(19-24)37-33(36-32)26-7-5-6-25-29(35)17-16-27(31(25)26)34(37)38/h2*3-19H,1-2H2. The fraction of sp³-hybridized carbons (Fsp3) is 0. The van der Waals surface area contributed by atoms with Gasteiger partial charge in [-0.15, -0.1) is 0 Å². The minimum absolute atomic E-state index is 0.0641. The molecule has 0 saturated carbocycles. The van der Waals surface area contributed by atoms with Crippen LogP contribution >= 0.6 is 31.9 Å². The maximum atomic E-state index is 14.0. The molecule has 0 aliphatic heterocycles. The van der Waals surface area contributed by atoms with Gasteiger partial charge >= 0.3 is 0 Å². The van der Waals surface area contributed by atoms with Gasteiger partial charge < -0.3 is 0 Å². The average Bonchev–Trinajstić information content (AvgIpc) is 4.14. The van der Waals surface area contributed by atoms with E-state index in [1.165, 1.54) is 0 Å². The number of hydrogen-bond acceptors (Lipinski definition) is 4. The third-order valence-electron chi connectivity index (χ3n) is 14.7. The van der Waals surface area contributed by atoms with Crippen molar-refractivity contribution < 1.29 is 0 Å². The van der Waals surface area contributed by atoms with E-state index < -0.39 is 0 Å². The van der Waals surface area contributed by atoms with Crippen molar-refractivity contribution in [3.8, 4) is 44.5 Å². The summed E-state index contributed by atoms with van der Waals surface area (Å²) in [5, 5.41) is 7.17. The molecule has 0 aliphatic carbocycles. The molecule has 0 spiro atoms. The largest absolute Gasteiger partial charge is 0.268 e. The third-order valence-corrected chi connectivity index (χ3v) is 16.1. The number of benzene rings is 10. The molecular formula is C68H42Br2N4O2. The molecule has 0 aliphatic rings. The molecule has 14 rings (SSSR count). The second-order valence-electron chi connectivity index (χ2n) is 18.9. The Morgan fingerprint density at radius 2 is 0.684 bits per heavy atom. The molecular weight excluding hydrogens is 1060 g/mol. The Morgan fingerprint density at radius 3 is 1.08 bits per heavy atom. The highest BCUT2D eigenvalue weighted by atomic mass is 79.9. The molecule has 0 atom stereocenters. The number of halogens is 2. The SMILES string of the molecule is C=Cc1ccc(-c2cc(-c3ccc(C=C)cc3)c3nc4c5ccc(Br)c6cccc(c(=O)n4c3c2)c65)cc1.C=Cc1ccc(-c2cc(-c3ccc(C=C)cc3)c3nc4c5cccc6c(Br)ccc(c(=O)n4c3c2)c65)cc1. The van der Waals surface area contributed by atoms with Crippen LogP contribution in [0.3, 0.4) is 0 Å². The Labute approximate surface area is 453 Å². The number of imidazole rings is 2. The van der Waals surface area contributed by atoms with Gasteiger partial charge in [-0.25, -0.2) is 9.97 Å². The van der Waals surface area contributed by atoms with E-state index in [4.69, 9.17) is 9.97 Å². The third kappa shape index (κ3) is 7.43. The second kappa shape index (κ2) is 18.4. The van der Waals surface area contributed by atoms with E-state index in [2.05, 4.69) is 186 Å². The lowest BCUT2D eigenvalue weighted by Gasteiger charge is -2.10. The summed E-state index contributed by atoms with van der Waals surface area (Å²) in [6.07, 6.45) is 7.34. The molecule has 0 radical (unpaired) electrons. The van der Waals surface area contributed by atoms with Crippen molar-refractivity contribution in [1.82, 2.24) is 18.8 Å². The van der Waals surface area contributed by atoms with Crippen LogP contribution in [0.25, 0.3) is 145 Å². The minimum atomic E-state index is -0.0641. The quantitative estimate of drug-likeness (QED) is 0.152. The molecule has 0 saturated heterocycles. The van der Waals surface area contributed by atoms with Gasteiger partial charge in [0.2, 0.25) is 0 Å². The number of nitrogens with zero attached hydrogens (tertiary/aromatic N) is 4. The normalized spacial score (nSPS) is 11.6. The topological polar surface area (TPSA) is 68.7 Å². The predicted octanol–water partition coefficient (Wildman–Crippen LogP) is 17.9. The Bertz CT molecular complexity index is 4610. The first-order valence-corrected chi connectivity index (χ1v) is 26.3. The fourth-order valence-electron chi connectivity index (χ4n) is 10.8. The first-order chi connectivity index (χ1) is 37.1. The summed E-state index contributed by atoms with van der Waals surface area (Å²) in [5.74, 6) is 0. The number of rotatable bonds is 8. The summed E-state index contributed by atoms with van der Waals surface area (Å²) >= 11 is 7.32. The van der Waals surface area contributed by atoms with Crippen molar-refractivity contribution in [3.63, 3.8) is 0 Å². The molecule has 360 valence electrons. The van der Waals surface area contributed by atoms with Gasteiger partial charge in [-0.05, 0) is 121 Å². The summed E-state index contributed by atoms with van der Waals surface area (Å²) in [7, 11) is 0. The Hall–Kier alpha value is -9.08. The zero-order valence-corrected chi connectivity index (χ0v) is 44.0. The van der Waals surface area contributed by atoms with Crippen LogP contribution in [0.5, 0.6) is 0 Å². The van der Waals surface area contributed by atoms with Crippen LogP contribution in [0.4, 0.5) is 0 Å². The van der Waals surface area contributed by atoms with Crippen LogP contribution in [0.15, 0.2) is 227 Å². The van der Waals surface area contributed by atoms with Gasteiger partial charge in [0.15, 0.2) is 0 Å². The van der Waals surface area contributed by atoms with Crippen molar-refractivity contribution in [2.45, 2.75) is 0 Å². The zero-order chi connectivity index (χ0) is 51.9. The van der Waals surface area contributed by atoms with Crippen LogP contribution in [0.2, 0.25) is 0 Å². The molecule has 0 unspecified atom stereocenters. The van der Waals surface area contributed by atoms with Crippen molar-refractivity contribution in [3.05, 3.63) is 260 Å². The molecule has 76 heavy (non-hydrogen) atoms. The maximum absolute atomic E-state index is 14.0. The van der Waals surface area contributed by atoms with Crippen molar-refractivity contribution in [2.24, 2.45) is 0 Å². The first-order valence-electron chi connectivity index (χ1n) is 24.7. The number of pyridine rings is 2. The highest BCUT2D eigenvalue weighted by molar-refractivity contribution is 9.11. The molecule has 0 amide bonds. The Kier molecular flexibility index (Phi) is 11.3. The summed E-state index contributed by atoms with van der Waals surface area (Å²) in [5.41, 5.74) is 16.8. The summed E-state index contributed by atoms with van der Waals surface area (Å²) in [6.45, 7) is 15.5. The van der Waals surface area contributed by atoms with Crippen LogP contribution in [-0.2, 0) is 0 Å². The van der Waals surface area contributed by atoms with E-state index in [-0.39, 0.29) is 11.1 Å². The second-order valence-corrected chi connectivity index (χ2v) is 20.6. The number of fused-ring (bicyclic) bond motifs is 8. The van der Waals surface area contributed by atoms with Crippen molar-refractivity contribution in [2.75, 3.05) is 0 Å². The minimum Gasteiger partial charge on any atom is -0.268 e. The van der Waals surface area contributed by atoms with Crippen molar-refractivity contribution >= 4 is 133 Å². The smallest absolute Gasteiger partial charge is 0.264 e. The summed E-state index contributed by atoms with van der Waals surface area (Å²) < 4.78 is 5.49. The lowest BCUT2D eigenvalue weighted by Crippen LogP contribution is -2.13. The van der Waals surface area contributed by atoms with E-state index in [1.54, 1.807) is 8.80 Å². The van der Waals surface area contributed by atoms with Crippen LogP contribution in [0, 0.1) is 0 Å². The van der Waals surface area contributed by atoms with Gasteiger partial charge in [0.25, 0.3) is 11.1 Å². The monoisotopic (exact) mass is 1100 g/mol. The highest BCUT2D eigenvalue weighted by Crippen LogP contribution is 2.41. The lowest BCUT2D eigenvalue weighted by molar-refractivity contribution is 1.19. The van der Waals surface area contributed by atoms with Gasteiger partial charge in [-0.2, -0.15) is 0 Å². The van der Waals surface area contributed by atoms with E-state index in [1.807, 2.05) is 78.9 Å². The van der Waals surface area contributed by atoms with Gasteiger partial charge in [0.1, 0.15) is 11.3 Å². The summed E-state index contributed by atoms with van der Waals surface area (Å²) in [4.78, 5) is 38.3. The number of aromatic nitrogens is 4. The first kappa shape index (κ1) is 46.7. The molecule has 10 aromatic carbocycles. The van der Waals surface area contributed by atoms with E-state index in [0.29, 0.717) is 22.1 Å². The zero-order valence-electron chi connectivity index (χ0n) is 40.8. The fourth-order valence-corrected chi connectivity index (χ4v) is 11.8. The van der Waals surface area contributed by atoms with E-state index in [9.17, 15) is 9.59 Å². The van der Waals surface area contributed by atoms with E-state index >= 15 is 0 Å². The molecule has 4 aromatic heterocycles. The molecule has 0 N–H and O–H groups in total. The van der Waals surface area contributed by atoms with Crippen LogP contribution in [0.1, 0.15) is 22.3 Å². The maximum Gasteiger partial charge on any atom is 0.264 e. The average molecular weight is 1110 g/mol. The molecule has 8 heteroatoms.